The first-order valence-corrected chi connectivity index (χ1v) is 24.3. The highest BCUT2D eigenvalue weighted by Crippen LogP contribution is 2.63. The Bertz CT molecular complexity index is 3440. The summed E-state index contributed by atoms with van der Waals surface area (Å²) in [5, 5.41) is 17.5. The van der Waals surface area contributed by atoms with E-state index in [1.165, 1.54) is 55.6 Å². The second kappa shape index (κ2) is 16.9. The van der Waals surface area contributed by atoms with Crippen LogP contribution in [0.4, 0.5) is 0 Å². The summed E-state index contributed by atoms with van der Waals surface area (Å²) in [6.07, 6.45) is 8.78. The van der Waals surface area contributed by atoms with Gasteiger partial charge in [-0.2, -0.15) is 0 Å². The maximum Gasteiger partial charge on any atom is 0.248 e. The van der Waals surface area contributed by atoms with Crippen molar-refractivity contribution in [1.29, 1.82) is 0 Å². The van der Waals surface area contributed by atoms with Crippen molar-refractivity contribution in [2.24, 2.45) is 0 Å². The third kappa shape index (κ3) is 7.77. The van der Waals surface area contributed by atoms with Crippen molar-refractivity contribution in [3.05, 3.63) is 238 Å². The van der Waals surface area contributed by atoms with Gasteiger partial charge < -0.3 is 8.83 Å². The highest BCUT2D eigenvalue weighted by Gasteiger charge is 2.51. The van der Waals surface area contributed by atoms with E-state index < -0.39 is 5.41 Å². The van der Waals surface area contributed by atoms with E-state index >= 15 is 0 Å². The van der Waals surface area contributed by atoms with Crippen LogP contribution in [0.25, 0.3) is 92.4 Å². The molecule has 0 radical (unpaired) electrons. The van der Waals surface area contributed by atoms with Gasteiger partial charge in [0.15, 0.2) is 0 Å². The molecule has 2 heterocycles. The highest BCUT2D eigenvalue weighted by molar-refractivity contribution is 5.96. The summed E-state index contributed by atoms with van der Waals surface area (Å²) < 4.78 is 12.3. The van der Waals surface area contributed by atoms with Crippen molar-refractivity contribution < 1.29 is 8.83 Å². The molecule has 1 spiro atoms. The summed E-state index contributed by atoms with van der Waals surface area (Å²) >= 11 is 0. The number of fused-ring (bicyclic) bond motifs is 10. The molecule has 2 aliphatic rings. The quantitative estimate of drug-likeness (QED) is 0.141. The van der Waals surface area contributed by atoms with Crippen LogP contribution in [-0.4, -0.2) is 20.4 Å². The van der Waals surface area contributed by atoms with Crippen molar-refractivity contribution in [2.75, 3.05) is 0 Å². The lowest BCUT2D eigenvalue weighted by atomic mass is 9.70. The predicted octanol–water partition coefficient (Wildman–Crippen LogP) is 16.4. The maximum absolute atomic E-state index is 6.14. The van der Waals surface area contributed by atoms with Crippen LogP contribution in [0.3, 0.4) is 0 Å². The fourth-order valence-corrected chi connectivity index (χ4v) is 10.4. The minimum Gasteiger partial charge on any atom is -0.416 e. The lowest BCUT2D eigenvalue weighted by Gasteiger charge is -2.30. The average molecular weight is 921 g/mol. The minimum atomic E-state index is -0.482. The zero-order valence-electron chi connectivity index (χ0n) is 40.7. The molecular weight excluding hydrogens is 869 g/mol. The number of hydrogen-bond acceptors (Lipinski definition) is 6. The molecule has 0 atom stereocenters. The first-order valence-electron chi connectivity index (χ1n) is 24.3. The van der Waals surface area contributed by atoms with Crippen LogP contribution in [0.1, 0.15) is 97.2 Å². The third-order valence-electron chi connectivity index (χ3n) is 14.2. The van der Waals surface area contributed by atoms with Crippen molar-refractivity contribution in [3.8, 4) is 68.1 Å². The Morgan fingerprint density at radius 2 is 0.620 bits per heavy atom. The second-order valence-electron chi connectivity index (χ2n) is 20.8. The van der Waals surface area contributed by atoms with Gasteiger partial charge in [-0.1, -0.05) is 187 Å². The summed E-state index contributed by atoms with van der Waals surface area (Å²) in [7, 11) is 0. The van der Waals surface area contributed by atoms with E-state index in [2.05, 4.69) is 244 Å². The van der Waals surface area contributed by atoms with Gasteiger partial charge in [-0.05, 0) is 149 Å². The fraction of sp³-hybridized carbons (Fsp3) is 0.138. The van der Waals surface area contributed by atoms with Crippen LogP contribution in [0.15, 0.2) is 191 Å². The molecule has 71 heavy (non-hydrogen) atoms. The molecule has 0 aliphatic heterocycles. The lowest BCUT2D eigenvalue weighted by molar-refractivity contribution is 0.582. The molecule has 6 nitrogen and oxygen atoms in total. The van der Waals surface area contributed by atoms with E-state index in [4.69, 9.17) is 8.83 Å². The monoisotopic (exact) mass is 920 g/mol. The summed E-state index contributed by atoms with van der Waals surface area (Å²) in [6.45, 7) is 13.3. The second-order valence-corrected chi connectivity index (χ2v) is 20.8. The normalized spacial score (nSPS) is 13.5. The Balaban J connectivity index is 0.823. The SMILES string of the molecule is CC(C)(C)c1ccc(-c2nnc(-c3ccc(/C=C/c4ccc5c(c4)C4(c6ccccc6-c6ccccc64)c4cc(/C=C/c6ccc(-c7nnc(-c8ccc(C(C)(C)C)cc8)o7)cc6)ccc4-5)cc3)o2)cc1. The van der Waals surface area contributed by atoms with Gasteiger partial charge >= 0.3 is 0 Å². The molecule has 0 saturated carbocycles. The number of nitrogens with zero attached hydrogens (tertiary/aromatic N) is 4. The van der Waals surface area contributed by atoms with Gasteiger partial charge in [-0.15, -0.1) is 20.4 Å². The Labute approximate surface area is 415 Å². The van der Waals surface area contributed by atoms with E-state index in [-0.39, 0.29) is 10.8 Å². The van der Waals surface area contributed by atoms with E-state index in [9.17, 15) is 0 Å². The molecule has 0 amide bonds. The van der Waals surface area contributed by atoms with E-state index in [0.717, 1.165) is 44.5 Å². The van der Waals surface area contributed by atoms with Crippen molar-refractivity contribution >= 4 is 24.3 Å². The van der Waals surface area contributed by atoms with Crippen LogP contribution in [0.5, 0.6) is 0 Å². The first kappa shape index (κ1) is 43.8. The van der Waals surface area contributed by atoms with E-state index in [0.29, 0.717) is 23.6 Å². The molecular formula is C65H52N4O2. The lowest BCUT2D eigenvalue weighted by Crippen LogP contribution is -2.26. The third-order valence-corrected chi connectivity index (χ3v) is 14.2. The molecule has 0 saturated heterocycles. The number of rotatable bonds is 8. The maximum atomic E-state index is 6.14. The standard InChI is InChI=1S/C65H52N4O2/c1-63(2,3)49-33-29-47(30-34-49)61-68-66-59(70-61)45-25-19-41(20-26-45)15-17-43-23-37-53-54-38-24-44(40-58(54)65(57(53)39-43)55-13-9-7-11-51(55)52-12-8-10-14-56(52)65)18-16-42-21-27-46(28-22-42)60-67-69-62(71-60)48-31-35-50(36-32-48)64(4,5)6/h7-40H,1-6H3/b17-15+,18-16+. The molecule has 0 fully saturated rings. The van der Waals surface area contributed by atoms with Crippen molar-refractivity contribution in [1.82, 2.24) is 20.4 Å². The van der Waals surface area contributed by atoms with Gasteiger partial charge in [-0.25, -0.2) is 0 Å². The van der Waals surface area contributed by atoms with E-state index in [1.807, 2.05) is 24.3 Å². The Hall–Kier alpha value is -8.48. The molecule has 8 aromatic carbocycles. The van der Waals surface area contributed by atoms with Gasteiger partial charge in [0.25, 0.3) is 0 Å². The topological polar surface area (TPSA) is 77.8 Å². The number of benzene rings is 8. The summed E-state index contributed by atoms with van der Waals surface area (Å²) in [4.78, 5) is 0. The Morgan fingerprint density at radius 1 is 0.324 bits per heavy atom. The largest absolute Gasteiger partial charge is 0.416 e. The predicted molar refractivity (Wildman–Crippen MR) is 288 cm³/mol. The molecule has 6 heteroatoms. The van der Waals surface area contributed by atoms with Crippen molar-refractivity contribution in [3.63, 3.8) is 0 Å². The summed E-state index contributed by atoms with van der Waals surface area (Å²) in [5.41, 5.74) is 20.5. The molecule has 2 aromatic heterocycles. The minimum absolute atomic E-state index is 0.0738. The van der Waals surface area contributed by atoms with Gasteiger partial charge in [0, 0.05) is 22.3 Å². The van der Waals surface area contributed by atoms with Gasteiger partial charge in [0.05, 0.1) is 5.41 Å². The van der Waals surface area contributed by atoms with Gasteiger partial charge in [0.2, 0.25) is 23.6 Å². The van der Waals surface area contributed by atoms with Crippen LogP contribution in [0, 0.1) is 0 Å². The zero-order chi connectivity index (χ0) is 48.5. The molecule has 0 bridgehead atoms. The van der Waals surface area contributed by atoms with Gasteiger partial charge in [-0.3, -0.25) is 0 Å². The smallest absolute Gasteiger partial charge is 0.248 e. The average Bonchev–Trinajstić information content (AvgIpc) is 4.20. The fourth-order valence-electron chi connectivity index (χ4n) is 10.4. The molecule has 0 N–H and O–H groups in total. The molecule has 2 aliphatic carbocycles. The van der Waals surface area contributed by atoms with Gasteiger partial charge in [0.1, 0.15) is 0 Å². The van der Waals surface area contributed by atoms with Crippen LogP contribution in [0.2, 0.25) is 0 Å². The molecule has 12 rings (SSSR count). The zero-order valence-corrected chi connectivity index (χ0v) is 40.7. The van der Waals surface area contributed by atoms with Crippen LogP contribution >= 0.6 is 0 Å². The number of hydrogen-bond donors (Lipinski definition) is 0. The Kier molecular flexibility index (Phi) is 10.4. The van der Waals surface area contributed by atoms with Crippen molar-refractivity contribution in [2.45, 2.75) is 57.8 Å². The molecule has 0 unspecified atom stereocenters. The number of aromatic nitrogens is 4. The van der Waals surface area contributed by atoms with Crippen LogP contribution < -0.4 is 0 Å². The highest BCUT2D eigenvalue weighted by atomic mass is 16.4. The summed E-state index contributed by atoms with van der Waals surface area (Å²) in [5.74, 6) is 2.02. The Morgan fingerprint density at radius 3 is 0.972 bits per heavy atom. The molecule has 344 valence electrons. The summed E-state index contributed by atoms with van der Waals surface area (Å²) in [6, 6.07) is 65.1. The van der Waals surface area contributed by atoms with Crippen LogP contribution in [-0.2, 0) is 16.2 Å². The molecule has 10 aromatic rings. The first-order chi connectivity index (χ1) is 34.4. The van der Waals surface area contributed by atoms with E-state index in [1.54, 1.807) is 0 Å².